The van der Waals surface area contributed by atoms with Crippen molar-refractivity contribution in [3.05, 3.63) is 198 Å². The van der Waals surface area contributed by atoms with E-state index in [0.717, 1.165) is 33.6 Å². The summed E-state index contributed by atoms with van der Waals surface area (Å²) in [7, 11) is -1.05. The van der Waals surface area contributed by atoms with Gasteiger partial charge in [-0.15, -0.1) is 0 Å². The van der Waals surface area contributed by atoms with Crippen LogP contribution in [0.4, 0.5) is 0 Å². The lowest BCUT2D eigenvalue weighted by molar-refractivity contribution is -0.124. The summed E-state index contributed by atoms with van der Waals surface area (Å²) in [5.74, 6) is -0.193. The van der Waals surface area contributed by atoms with Gasteiger partial charge in [-0.1, -0.05) is 184 Å². The highest BCUT2D eigenvalue weighted by molar-refractivity contribution is 7.80. The van der Waals surface area contributed by atoms with Crippen LogP contribution in [0.2, 0.25) is 0 Å². The summed E-state index contributed by atoms with van der Waals surface area (Å²) in [5, 5.41) is 13.5. The van der Waals surface area contributed by atoms with Gasteiger partial charge >= 0.3 is 0 Å². The second kappa shape index (κ2) is 17.5. The molecule has 3 N–H and O–H groups in total. The molecule has 6 aromatic rings. The largest absolute Gasteiger partial charge is 0.345 e. The SMILES string of the molecule is CC(C)CN[C@@H](c1ccccc1)[C@@H](NC(=O)[C@@H](NC(=O)c1ccccc1P(c1ccccc1)c1ccccc1)c1ccccc1)c1ccccc1. The first-order valence-corrected chi connectivity index (χ1v) is 18.8. The van der Waals surface area contributed by atoms with Crippen LogP contribution in [-0.2, 0) is 4.79 Å². The van der Waals surface area contributed by atoms with Crippen molar-refractivity contribution in [1.82, 2.24) is 16.0 Å². The van der Waals surface area contributed by atoms with Crippen molar-refractivity contribution in [3.63, 3.8) is 0 Å². The quantitative estimate of drug-likeness (QED) is 0.103. The predicted octanol–water partition coefficient (Wildman–Crippen LogP) is 7.76. The van der Waals surface area contributed by atoms with Gasteiger partial charge in [-0.25, -0.2) is 0 Å². The molecule has 0 spiro atoms. The average molecular weight is 690 g/mol. The van der Waals surface area contributed by atoms with Gasteiger partial charge in [0.2, 0.25) is 5.91 Å². The molecule has 51 heavy (non-hydrogen) atoms. The Morgan fingerprint density at radius 1 is 0.510 bits per heavy atom. The normalized spacial score (nSPS) is 12.9. The van der Waals surface area contributed by atoms with Crippen LogP contribution in [0.3, 0.4) is 0 Å². The van der Waals surface area contributed by atoms with Crippen molar-refractivity contribution >= 4 is 35.6 Å². The van der Waals surface area contributed by atoms with E-state index in [1.54, 1.807) is 0 Å². The van der Waals surface area contributed by atoms with Crippen LogP contribution in [-0.4, -0.2) is 18.4 Å². The van der Waals surface area contributed by atoms with Crippen molar-refractivity contribution in [3.8, 4) is 0 Å². The van der Waals surface area contributed by atoms with Crippen LogP contribution in [0.1, 0.15) is 59.0 Å². The van der Waals surface area contributed by atoms with Crippen LogP contribution < -0.4 is 31.9 Å². The van der Waals surface area contributed by atoms with Gasteiger partial charge in [0, 0.05) is 5.56 Å². The van der Waals surface area contributed by atoms with Crippen molar-refractivity contribution in [2.75, 3.05) is 6.54 Å². The fraction of sp³-hybridized carbons (Fsp3) is 0.156. The van der Waals surface area contributed by atoms with Gasteiger partial charge in [0.05, 0.1) is 12.1 Å². The maximum atomic E-state index is 14.7. The first kappa shape index (κ1) is 35.5. The van der Waals surface area contributed by atoms with Crippen molar-refractivity contribution in [1.29, 1.82) is 0 Å². The Kier molecular flexibility index (Phi) is 12.2. The molecule has 0 bridgehead atoms. The van der Waals surface area contributed by atoms with E-state index in [0.29, 0.717) is 17.0 Å². The fourth-order valence-electron chi connectivity index (χ4n) is 6.30. The zero-order chi connectivity index (χ0) is 35.4. The second-order valence-electron chi connectivity index (χ2n) is 12.9. The molecule has 0 radical (unpaired) electrons. The maximum absolute atomic E-state index is 14.7. The lowest BCUT2D eigenvalue weighted by Crippen LogP contribution is -2.46. The molecule has 5 nitrogen and oxygen atoms in total. The number of hydrogen-bond donors (Lipinski definition) is 3. The first-order chi connectivity index (χ1) is 25.0. The number of hydrogen-bond acceptors (Lipinski definition) is 3. The molecule has 3 atom stereocenters. The lowest BCUT2D eigenvalue weighted by atomic mass is 9.92. The molecule has 6 rings (SSSR count). The molecule has 0 unspecified atom stereocenters. The highest BCUT2D eigenvalue weighted by atomic mass is 31.1. The summed E-state index contributed by atoms with van der Waals surface area (Å²) < 4.78 is 0. The Morgan fingerprint density at radius 3 is 1.45 bits per heavy atom. The Balaban J connectivity index is 1.37. The Bertz CT molecular complexity index is 1930. The molecule has 0 saturated heterocycles. The van der Waals surface area contributed by atoms with Gasteiger partial charge in [-0.3, -0.25) is 9.59 Å². The van der Waals surface area contributed by atoms with Crippen molar-refractivity contribution < 1.29 is 9.59 Å². The standard InChI is InChI=1S/C45H44N3O2P/c1-33(2)32-46-41(34-20-8-3-9-21-34)42(35-22-10-4-11-23-35)47-45(50)43(36-24-12-5-13-25-36)48-44(49)39-30-18-19-31-40(39)51(37-26-14-6-15-27-37)38-28-16-7-17-29-38/h3-31,33,41-43,46H,32H2,1-2H3,(H,47,50)(H,48,49)/t41-,42-,43-/m0/s1. The third kappa shape index (κ3) is 9.07. The number of rotatable bonds is 14. The molecule has 0 fully saturated rings. The number of carbonyl (C=O) groups is 2. The van der Waals surface area contributed by atoms with Crippen molar-refractivity contribution in [2.24, 2.45) is 5.92 Å². The van der Waals surface area contributed by atoms with E-state index in [2.05, 4.69) is 66.2 Å². The molecule has 0 heterocycles. The van der Waals surface area contributed by atoms with E-state index >= 15 is 0 Å². The van der Waals surface area contributed by atoms with Crippen LogP contribution in [0, 0.1) is 5.92 Å². The molecule has 0 aromatic heterocycles. The van der Waals surface area contributed by atoms with Gasteiger partial charge in [-0.05, 0) is 59.1 Å². The molecular formula is C45H44N3O2P. The fourth-order valence-corrected chi connectivity index (χ4v) is 8.75. The van der Waals surface area contributed by atoms with E-state index < -0.39 is 20.0 Å². The average Bonchev–Trinajstić information content (AvgIpc) is 3.18. The van der Waals surface area contributed by atoms with Gasteiger partial charge in [0.25, 0.3) is 5.91 Å². The molecular weight excluding hydrogens is 645 g/mol. The van der Waals surface area contributed by atoms with Crippen LogP contribution in [0.15, 0.2) is 176 Å². The van der Waals surface area contributed by atoms with E-state index in [1.165, 1.54) is 0 Å². The minimum absolute atomic E-state index is 0.215. The second-order valence-corrected chi connectivity index (χ2v) is 15.1. The maximum Gasteiger partial charge on any atom is 0.252 e. The summed E-state index contributed by atoms with van der Waals surface area (Å²) in [6, 6.07) is 56.6. The highest BCUT2D eigenvalue weighted by Gasteiger charge is 2.32. The van der Waals surface area contributed by atoms with Gasteiger partial charge < -0.3 is 16.0 Å². The summed E-state index contributed by atoms with van der Waals surface area (Å²) in [6.07, 6.45) is 0. The number of amides is 2. The summed E-state index contributed by atoms with van der Waals surface area (Å²) in [4.78, 5) is 29.2. The zero-order valence-corrected chi connectivity index (χ0v) is 29.9. The summed E-state index contributed by atoms with van der Waals surface area (Å²) >= 11 is 0. The van der Waals surface area contributed by atoms with Gasteiger partial charge in [0.15, 0.2) is 0 Å². The monoisotopic (exact) mass is 689 g/mol. The summed E-state index contributed by atoms with van der Waals surface area (Å²) in [6.45, 7) is 5.11. The van der Waals surface area contributed by atoms with Crippen LogP contribution in [0.25, 0.3) is 0 Å². The molecule has 2 amide bonds. The molecule has 0 aliphatic rings. The smallest absolute Gasteiger partial charge is 0.252 e. The molecule has 256 valence electrons. The van der Waals surface area contributed by atoms with E-state index in [9.17, 15) is 9.59 Å². The van der Waals surface area contributed by atoms with Crippen LogP contribution >= 0.6 is 7.92 Å². The minimum atomic E-state index is -1.05. The van der Waals surface area contributed by atoms with Crippen LogP contribution in [0.5, 0.6) is 0 Å². The predicted molar refractivity (Wildman–Crippen MR) is 211 cm³/mol. The third-order valence-corrected chi connectivity index (χ3v) is 11.3. The topological polar surface area (TPSA) is 70.2 Å². The molecule has 6 aromatic carbocycles. The van der Waals surface area contributed by atoms with Gasteiger partial charge in [0.1, 0.15) is 6.04 Å². The zero-order valence-electron chi connectivity index (χ0n) is 29.0. The minimum Gasteiger partial charge on any atom is -0.345 e. The number of nitrogens with one attached hydrogen (secondary N) is 3. The third-order valence-electron chi connectivity index (χ3n) is 8.78. The van der Waals surface area contributed by atoms with E-state index in [4.69, 9.17) is 0 Å². The summed E-state index contributed by atoms with van der Waals surface area (Å²) in [5.41, 5.74) is 3.28. The lowest BCUT2D eigenvalue weighted by Gasteiger charge is -2.32. The number of carbonyl (C=O) groups excluding carboxylic acids is 2. The molecule has 6 heteroatoms. The van der Waals surface area contributed by atoms with E-state index in [-0.39, 0.29) is 17.9 Å². The van der Waals surface area contributed by atoms with E-state index in [1.807, 2.05) is 140 Å². The molecule has 0 aliphatic heterocycles. The highest BCUT2D eigenvalue weighted by Crippen LogP contribution is 2.35. The molecule has 0 aliphatic carbocycles. The number of benzene rings is 6. The Hall–Kier alpha value is -5.35. The van der Waals surface area contributed by atoms with Gasteiger partial charge in [-0.2, -0.15) is 0 Å². The Morgan fingerprint density at radius 2 is 0.941 bits per heavy atom. The first-order valence-electron chi connectivity index (χ1n) is 17.5. The molecule has 0 saturated carbocycles. The van der Waals surface area contributed by atoms with Crippen molar-refractivity contribution in [2.45, 2.75) is 32.0 Å². The Labute approximate surface area is 302 Å².